The lowest BCUT2D eigenvalue weighted by Crippen LogP contribution is -2.44. The van der Waals surface area contributed by atoms with Gasteiger partial charge in [0.15, 0.2) is 5.82 Å². The molecule has 262 valence electrons. The predicted octanol–water partition coefficient (Wildman–Crippen LogP) is 11.2. The molecule has 0 bridgehead atoms. The molecule has 1 N–H and O–H groups in total. The topological polar surface area (TPSA) is 91.2 Å². The molecule has 1 saturated heterocycles. The third-order valence-electron chi connectivity index (χ3n) is 9.60. The van der Waals surface area contributed by atoms with Crippen LogP contribution in [0.1, 0.15) is 122 Å². The summed E-state index contributed by atoms with van der Waals surface area (Å²) in [4.78, 5) is 41.0. The van der Waals surface area contributed by atoms with E-state index in [0.717, 1.165) is 32.1 Å². The molecule has 11 heteroatoms. The van der Waals surface area contributed by atoms with E-state index >= 15 is 0 Å². The molecule has 3 aliphatic rings. The smallest absolute Gasteiger partial charge is 0.292 e. The molecular weight excluding hydrogens is 690 g/mol. The van der Waals surface area contributed by atoms with E-state index in [1.54, 1.807) is 24.3 Å². The minimum absolute atomic E-state index is 0.00573. The van der Waals surface area contributed by atoms with Crippen molar-refractivity contribution in [3.05, 3.63) is 68.6 Å². The van der Waals surface area contributed by atoms with E-state index in [4.69, 9.17) is 46.4 Å². The van der Waals surface area contributed by atoms with Crippen molar-refractivity contribution in [1.82, 2.24) is 10.2 Å². The Morgan fingerprint density at radius 2 is 1.52 bits per heavy atom. The number of rotatable bonds is 20. The molecule has 4 rings (SSSR count). The highest BCUT2D eigenvalue weighted by Crippen LogP contribution is 2.45. The van der Waals surface area contributed by atoms with Crippen molar-refractivity contribution in [3.63, 3.8) is 0 Å². The van der Waals surface area contributed by atoms with Gasteiger partial charge >= 0.3 is 0 Å². The lowest BCUT2D eigenvalue weighted by atomic mass is 9.81. The number of carbonyl (C=O) groups is 3. The number of unbranched alkanes of at least 4 members (excludes halogenated alkanes) is 10. The predicted molar refractivity (Wildman–Crippen MR) is 195 cm³/mol. The zero-order valence-corrected chi connectivity index (χ0v) is 31.1. The van der Waals surface area contributed by atoms with Crippen LogP contribution in [0.15, 0.2) is 58.2 Å². The van der Waals surface area contributed by atoms with E-state index in [1.165, 1.54) is 68.8 Å². The van der Waals surface area contributed by atoms with Crippen LogP contribution >= 0.6 is 46.4 Å². The van der Waals surface area contributed by atoms with E-state index in [0.29, 0.717) is 16.3 Å². The van der Waals surface area contributed by atoms with Gasteiger partial charge in [0.25, 0.3) is 5.91 Å². The van der Waals surface area contributed by atoms with Crippen LogP contribution in [0.4, 0.5) is 0 Å². The molecule has 3 amide bonds. The first-order valence-corrected chi connectivity index (χ1v) is 19.1. The normalized spacial score (nSPS) is 22.0. The summed E-state index contributed by atoms with van der Waals surface area (Å²) in [6.07, 6.45) is 23.3. The van der Waals surface area contributed by atoms with Crippen molar-refractivity contribution in [3.8, 4) is 0 Å². The highest BCUT2D eigenvalue weighted by atomic mass is 35.5. The third-order valence-corrected chi connectivity index (χ3v) is 10.6. The first kappa shape index (κ1) is 38.6. The van der Waals surface area contributed by atoms with Crippen LogP contribution in [-0.2, 0) is 19.9 Å². The number of benzene rings is 1. The summed E-state index contributed by atoms with van der Waals surface area (Å²) in [5.74, 6) is -1.03. The molecule has 0 aromatic heterocycles. The number of azo groups is 1. The second-order valence-electron chi connectivity index (χ2n) is 13.4. The molecule has 1 aromatic carbocycles. The Kier molecular flexibility index (Phi) is 15.0. The summed E-state index contributed by atoms with van der Waals surface area (Å²) in [7, 11) is 0. The quantitative estimate of drug-likeness (QED) is 0.0819. The van der Waals surface area contributed by atoms with Gasteiger partial charge < -0.3 is 5.32 Å². The van der Waals surface area contributed by atoms with Crippen LogP contribution in [0.25, 0.3) is 0 Å². The second kappa shape index (κ2) is 18.7. The van der Waals surface area contributed by atoms with Gasteiger partial charge in [-0.05, 0) is 50.3 Å². The molecule has 4 atom stereocenters. The number of hydrogen-bond donors (Lipinski definition) is 1. The maximum atomic E-state index is 14.1. The van der Waals surface area contributed by atoms with Crippen molar-refractivity contribution in [1.29, 1.82) is 0 Å². The number of carbonyl (C=O) groups excluding carboxylic acids is 3. The average Bonchev–Trinajstić information content (AvgIpc) is 3.56. The number of nitrogens with zero attached hydrogens (tertiary/aromatic N) is 3. The molecule has 4 unspecified atom stereocenters. The van der Waals surface area contributed by atoms with Crippen LogP contribution in [0.5, 0.6) is 0 Å². The van der Waals surface area contributed by atoms with Gasteiger partial charge in [-0.2, -0.15) is 0 Å². The largest absolute Gasteiger partial charge is 0.355 e. The van der Waals surface area contributed by atoms with Crippen molar-refractivity contribution in [2.75, 3.05) is 0 Å². The fourth-order valence-corrected chi connectivity index (χ4v) is 8.40. The lowest BCUT2D eigenvalue weighted by molar-refractivity contribution is -0.137. The maximum absolute atomic E-state index is 14.1. The molecule has 1 aliphatic carbocycles. The number of hydrogen-bond acceptors (Lipinski definition) is 5. The Morgan fingerprint density at radius 3 is 2.10 bits per heavy atom. The monoisotopic (exact) mass is 736 g/mol. The molecule has 48 heavy (non-hydrogen) atoms. The maximum Gasteiger partial charge on any atom is 0.292 e. The number of imide groups is 1. The van der Waals surface area contributed by atoms with Crippen LogP contribution in [0, 0.1) is 11.8 Å². The third kappa shape index (κ3) is 10.4. The number of alkyl halides is 1. The molecule has 0 spiro atoms. The Morgan fingerprint density at radius 1 is 0.896 bits per heavy atom. The molecule has 0 saturated carbocycles. The summed E-state index contributed by atoms with van der Waals surface area (Å²) in [5.41, 5.74) is -0.167. The highest BCUT2D eigenvalue weighted by Gasteiger charge is 2.47. The second-order valence-corrected chi connectivity index (χ2v) is 15.4. The molecule has 1 fully saturated rings. The zero-order valence-electron chi connectivity index (χ0n) is 28.1. The van der Waals surface area contributed by atoms with Gasteiger partial charge in [0.2, 0.25) is 11.8 Å². The van der Waals surface area contributed by atoms with Crippen molar-refractivity contribution in [2.45, 2.75) is 127 Å². The summed E-state index contributed by atoms with van der Waals surface area (Å²) in [5, 5.41) is 11.7. The Bertz CT molecular complexity index is 1420. The number of nitrogens with one attached hydrogen (secondary N) is 1. The van der Waals surface area contributed by atoms with E-state index in [2.05, 4.69) is 22.5 Å². The zero-order chi connectivity index (χ0) is 34.7. The van der Waals surface area contributed by atoms with Gasteiger partial charge in [0.1, 0.15) is 0 Å². The van der Waals surface area contributed by atoms with E-state index < -0.39 is 17.4 Å². The van der Waals surface area contributed by atoms with Gasteiger partial charge in [-0.15, -0.1) is 21.8 Å². The minimum Gasteiger partial charge on any atom is -0.355 e. The number of halogens is 4. The molecule has 1 aromatic rings. The Hall–Kier alpha value is -2.19. The molecule has 2 heterocycles. The number of allylic oxidation sites excluding steroid dienone is 2. The fourth-order valence-electron chi connectivity index (χ4n) is 7.12. The van der Waals surface area contributed by atoms with E-state index in [-0.39, 0.29) is 51.8 Å². The van der Waals surface area contributed by atoms with E-state index in [9.17, 15) is 14.4 Å². The van der Waals surface area contributed by atoms with Crippen molar-refractivity contribution in [2.24, 2.45) is 22.1 Å². The van der Waals surface area contributed by atoms with Crippen LogP contribution < -0.4 is 5.32 Å². The van der Waals surface area contributed by atoms with Crippen LogP contribution in [0.3, 0.4) is 0 Å². The van der Waals surface area contributed by atoms with Crippen molar-refractivity contribution >= 4 is 64.1 Å². The standard InChI is InChI=1S/C37H48Cl4N4O3/c1-3-4-5-6-7-8-9-10-11-12-13-15-26(18-17-25(2)38)29-22-34(47)45(36(29)48)28-16-14-19-37(24-28,42-32-23-33(46)44-43-32)35-30(40)20-27(39)21-31(35)41/h14,16,19-21,23,25-26,29,42H,3-13,15,17-18,22,24H2,1-2H3. The minimum atomic E-state index is -1.15. The Labute approximate surface area is 305 Å². The van der Waals surface area contributed by atoms with Crippen LogP contribution in [-0.4, -0.2) is 28.0 Å². The molecular formula is C37H48Cl4N4O3. The van der Waals surface area contributed by atoms with Gasteiger partial charge in [-0.25, -0.2) is 0 Å². The highest BCUT2D eigenvalue weighted by molar-refractivity contribution is 6.39. The number of likely N-dealkylation sites (tertiary alicyclic amines) is 1. The van der Waals surface area contributed by atoms with Crippen LogP contribution in [0.2, 0.25) is 15.1 Å². The molecule has 7 nitrogen and oxygen atoms in total. The fraction of sp³-hybridized carbons (Fsp3) is 0.595. The van der Waals surface area contributed by atoms with E-state index in [1.807, 2.05) is 13.0 Å². The lowest BCUT2D eigenvalue weighted by Gasteiger charge is -2.38. The van der Waals surface area contributed by atoms with Crippen molar-refractivity contribution < 1.29 is 14.4 Å². The summed E-state index contributed by atoms with van der Waals surface area (Å²) in [6.45, 7) is 4.22. The summed E-state index contributed by atoms with van der Waals surface area (Å²) in [6, 6.07) is 3.16. The summed E-state index contributed by atoms with van der Waals surface area (Å²) >= 11 is 26.0. The first-order valence-electron chi connectivity index (χ1n) is 17.5. The number of amides is 3. The molecule has 0 radical (unpaired) electrons. The van der Waals surface area contributed by atoms with Gasteiger partial charge in [0.05, 0.1) is 17.5 Å². The molecule has 2 aliphatic heterocycles. The van der Waals surface area contributed by atoms with Gasteiger partial charge in [0, 0.05) is 44.5 Å². The van der Waals surface area contributed by atoms with Gasteiger partial charge in [-0.1, -0.05) is 125 Å². The SMILES string of the molecule is CCCCCCCCCCCCCC(CCC(C)Cl)C1CC(=O)N(C2=CC=CC(NC3=CC(=O)N=N3)(c3c(Cl)cc(Cl)cc3Cl)C2)C1=O. The first-order chi connectivity index (χ1) is 23.0. The van der Waals surface area contributed by atoms with Gasteiger partial charge in [-0.3, -0.25) is 19.3 Å². The average molecular weight is 739 g/mol. The summed E-state index contributed by atoms with van der Waals surface area (Å²) < 4.78 is 0. The Balaban J connectivity index is 1.45.